The molecule has 0 heterocycles. The van der Waals surface area contributed by atoms with Gasteiger partial charge >= 0.3 is 11.9 Å². The van der Waals surface area contributed by atoms with Gasteiger partial charge in [-0.1, -0.05) is 48.6 Å². The molecule has 21 heavy (non-hydrogen) atoms. The molecule has 5 nitrogen and oxygen atoms in total. The standard InChI is InChI=1S/C16H12N2O3/c17-11-15(7-3-1-4-8-15)13(19)21-14(20)16(12-18)9-5-2-6-10-16/h1-7,9H,8,10H2. The number of nitrogens with zero attached hydrogens (tertiary/aromatic N) is 2. The Bertz CT molecular complexity index is 615. The van der Waals surface area contributed by atoms with Crippen molar-refractivity contribution in [2.75, 3.05) is 0 Å². The minimum Gasteiger partial charge on any atom is -0.390 e. The molecule has 2 atom stereocenters. The summed E-state index contributed by atoms with van der Waals surface area (Å²) in [6, 6.07) is 3.75. The predicted octanol–water partition coefficient (Wildman–Crippen LogP) is 2.11. The van der Waals surface area contributed by atoms with E-state index < -0.39 is 22.8 Å². The summed E-state index contributed by atoms with van der Waals surface area (Å²) < 4.78 is 4.82. The Morgan fingerprint density at radius 3 is 1.57 bits per heavy atom. The molecule has 0 bridgehead atoms. The summed E-state index contributed by atoms with van der Waals surface area (Å²) in [5, 5.41) is 18.4. The van der Waals surface area contributed by atoms with E-state index in [1.807, 2.05) is 12.1 Å². The van der Waals surface area contributed by atoms with Gasteiger partial charge in [-0.05, 0) is 12.8 Å². The Hall–Kier alpha value is -2.92. The lowest BCUT2D eigenvalue weighted by Gasteiger charge is -2.24. The molecule has 2 rings (SSSR count). The fraction of sp³-hybridized carbons (Fsp3) is 0.250. The highest BCUT2D eigenvalue weighted by Gasteiger charge is 2.44. The lowest BCUT2D eigenvalue weighted by atomic mass is 9.82. The number of nitriles is 2. The molecule has 0 N–H and O–H groups in total. The van der Waals surface area contributed by atoms with Crippen LogP contribution in [0.25, 0.3) is 0 Å². The lowest BCUT2D eigenvalue weighted by molar-refractivity contribution is -0.167. The third-order valence-corrected chi connectivity index (χ3v) is 3.45. The van der Waals surface area contributed by atoms with Gasteiger partial charge < -0.3 is 4.74 Å². The zero-order valence-electron chi connectivity index (χ0n) is 11.2. The topological polar surface area (TPSA) is 90.9 Å². The van der Waals surface area contributed by atoms with E-state index in [9.17, 15) is 20.1 Å². The first kappa shape index (κ1) is 14.5. The van der Waals surface area contributed by atoms with Crippen molar-refractivity contribution in [3.63, 3.8) is 0 Å². The van der Waals surface area contributed by atoms with Gasteiger partial charge in [-0.25, -0.2) is 9.59 Å². The summed E-state index contributed by atoms with van der Waals surface area (Å²) in [4.78, 5) is 24.3. The van der Waals surface area contributed by atoms with E-state index in [1.165, 1.54) is 12.2 Å². The zero-order valence-corrected chi connectivity index (χ0v) is 11.2. The molecule has 2 aliphatic rings. The van der Waals surface area contributed by atoms with E-state index in [0.29, 0.717) is 0 Å². The Morgan fingerprint density at radius 2 is 1.29 bits per heavy atom. The van der Waals surface area contributed by atoms with Crippen LogP contribution in [0, 0.1) is 33.5 Å². The largest absolute Gasteiger partial charge is 0.390 e. The van der Waals surface area contributed by atoms with E-state index in [4.69, 9.17) is 4.74 Å². The summed E-state index contributed by atoms with van der Waals surface area (Å²) in [7, 11) is 0. The van der Waals surface area contributed by atoms with E-state index in [0.717, 1.165) is 0 Å². The average Bonchev–Trinajstić information content (AvgIpc) is 2.55. The predicted molar refractivity (Wildman–Crippen MR) is 73.0 cm³/mol. The van der Waals surface area contributed by atoms with Gasteiger partial charge in [0.15, 0.2) is 10.8 Å². The molecule has 0 aromatic heterocycles. The van der Waals surface area contributed by atoms with Crippen molar-refractivity contribution in [1.82, 2.24) is 0 Å². The summed E-state index contributed by atoms with van der Waals surface area (Å²) in [6.45, 7) is 0. The van der Waals surface area contributed by atoms with Crippen LogP contribution < -0.4 is 0 Å². The summed E-state index contributed by atoms with van der Waals surface area (Å²) >= 11 is 0. The second-order valence-electron chi connectivity index (χ2n) is 4.83. The molecular formula is C16H12N2O3. The fourth-order valence-electron chi connectivity index (χ4n) is 2.07. The lowest BCUT2D eigenvalue weighted by Crippen LogP contribution is -2.37. The Balaban J connectivity index is 2.18. The van der Waals surface area contributed by atoms with E-state index in [2.05, 4.69) is 0 Å². The van der Waals surface area contributed by atoms with Crippen LogP contribution in [0.3, 0.4) is 0 Å². The highest BCUT2D eigenvalue weighted by Crippen LogP contribution is 2.33. The average molecular weight is 280 g/mol. The molecule has 0 fully saturated rings. The number of hydrogen-bond donors (Lipinski definition) is 0. The number of carbonyl (C=O) groups excluding carboxylic acids is 2. The number of esters is 2. The number of ether oxygens (including phenoxy) is 1. The normalized spacial score (nSPS) is 29.4. The number of carbonyl (C=O) groups is 2. The van der Waals surface area contributed by atoms with Gasteiger partial charge in [0.1, 0.15) is 0 Å². The van der Waals surface area contributed by atoms with Gasteiger partial charge in [-0.15, -0.1) is 0 Å². The van der Waals surface area contributed by atoms with Gasteiger partial charge in [0.05, 0.1) is 12.1 Å². The van der Waals surface area contributed by atoms with Crippen LogP contribution in [0.5, 0.6) is 0 Å². The minimum atomic E-state index is -1.50. The number of hydrogen-bond acceptors (Lipinski definition) is 5. The summed E-state index contributed by atoms with van der Waals surface area (Å²) in [5.74, 6) is -1.90. The fourth-order valence-corrected chi connectivity index (χ4v) is 2.07. The Labute approximate surface area is 122 Å². The second-order valence-corrected chi connectivity index (χ2v) is 4.83. The molecule has 104 valence electrons. The molecule has 0 aromatic rings. The first-order chi connectivity index (χ1) is 10.1. The Kier molecular flexibility index (Phi) is 3.86. The minimum absolute atomic E-state index is 0.140. The first-order valence-electron chi connectivity index (χ1n) is 6.36. The molecule has 0 saturated carbocycles. The van der Waals surface area contributed by atoms with Gasteiger partial charge in [0, 0.05) is 0 Å². The van der Waals surface area contributed by atoms with Crippen molar-refractivity contribution in [1.29, 1.82) is 10.5 Å². The summed E-state index contributed by atoms with van der Waals surface area (Å²) in [5.41, 5.74) is -3.01. The van der Waals surface area contributed by atoms with E-state index in [-0.39, 0.29) is 12.8 Å². The molecule has 0 aliphatic heterocycles. The maximum Gasteiger partial charge on any atom is 0.338 e. The SMILES string of the molecule is N#CC1(C(=O)OC(=O)C2(C#N)C=CC=CC2)C=CC=CC1. The number of allylic oxidation sites excluding steroid dienone is 6. The molecule has 0 saturated heterocycles. The van der Waals surface area contributed by atoms with Crippen LogP contribution >= 0.6 is 0 Å². The van der Waals surface area contributed by atoms with Crippen molar-refractivity contribution in [3.8, 4) is 12.1 Å². The van der Waals surface area contributed by atoms with Gasteiger partial charge in [0.2, 0.25) is 0 Å². The quantitative estimate of drug-likeness (QED) is 0.570. The van der Waals surface area contributed by atoms with Gasteiger partial charge in [-0.2, -0.15) is 10.5 Å². The highest BCUT2D eigenvalue weighted by molar-refractivity contribution is 5.96. The van der Waals surface area contributed by atoms with Crippen molar-refractivity contribution in [2.24, 2.45) is 10.8 Å². The highest BCUT2D eigenvalue weighted by atomic mass is 16.6. The van der Waals surface area contributed by atoms with Crippen LogP contribution in [0.4, 0.5) is 0 Å². The first-order valence-corrected chi connectivity index (χ1v) is 6.36. The van der Waals surface area contributed by atoms with Gasteiger partial charge in [0.25, 0.3) is 0 Å². The molecule has 0 spiro atoms. The van der Waals surface area contributed by atoms with E-state index in [1.54, 1.807) is 36.5 Å². The third-order valence-electron chi connectivity index (χ3n) is 3.45. The molecular weight excluding hydrogens is 268 g/mol. The van der Waals surface area contributed by atoms with Gasteiger partial charge in [-0.3, -0.25) is 0 Å². The van der Waals surface area contributed by atoms with Crippen molar-refractivity contribution < 1.29 is 14.3 Å². The van der Waals surface area contributed by atoms with Crippen LogP contribution in [0.2, 0.25) is 0 Å². The van der Waals surface area contributed by atoms with Crippen molar-refractivity contribution in [2.45, 2.75) is 12.8 Å². The van der Waals surface area contributed by atoms with Crippen LogP contribution in [0.15, 0.2) is 48.6 Å². The smallest absolute Gasteiger partial charge is 0.338 e. The second kappa shape index (κ2) is 5.60. The van der Waals surface area contributed by atoms with Crippen LogP contribution in [-0.4, -0.2) is 11.9 Å². The van der Waals surface area contributed by atoms with Crippen LogP contribution in [-0.2, 0) is 14.3 Å². The van der Waals surface area contributed by atoms with Crippen LogP contribution in [0.1, 0.15) is 12.8 Å². The molecule has 0 aromatic carbocycles. The zero-order chi connectivity index (χ0) is 15.3. The maximum absolute atomic E-state index is 12.2. The molecule has 0 amide bonds. The van der Waals surface area contributed by atoms with Crippen molar-refractivity contribution >= 4 is 11.9 Å². The molecule has 2 aliphatic carbocycles. The monoisotopic (exact) mass is 280 g/mol. The molecule has 0 radical (unpaired) electrons. The molecule has 5 heteroatoms. The summed E-state index contributed by atoms with van der Waals surface area (Å²) in [6.07, 6.45) is 12.9. The van der Waals surface area contributed by atoms with E-state index >= 15 is 0 Å². The molecule has 2 unspecified atom stereocenters. The maximum atomic E-state index is 12.2. The Morgan fingerprint density at radius 1 is 0.857 bits per heavy atom. The third kappa shape index (κ3) is 2.54. The van der Waals surface area contributed by atoms with Crippen molar-refractivity contribution in [3.05, 3.63) is 48.6 Å². The number of rotatable bonds is 2.